The summed E-state index contributed by atoms with van der Waals surface area (Å²) >= 11 is 0. The number of nitrogens with one attached hydrogen (secondary N) is 1. The van der Waals surface area contributed by atoms with Gasteiger partial charge in [0.1, 0.15) is 17.1 Å². The standard InChI is InChI=1S/C23H22N2O6/c1-4-14-9-22(27)31-19-11-16(6-7-17(14)19)30-13(2)23(28)24-15-5-8-18-20(10-15)29-12-21(26)25(18)3/h5-11,13H,4,12H2,1-3H3,(H,24,28). The molecule has 2 heterocycles. The van der Waals surface area contributed by atoms with Gasteiger partial charge in [-0.2, -0.15) is 0 Å². The molecule has 0 saturated heterocycles. The van der Waals surface area contributed by atoms with Gasteiger partial charge in [0.05, 0.1) is 5.69 Å². The summed E-state index contributed by atoms with van der Waals surface area (Å²) in [6.45, 7) is 3.55. The molecule has 8 nitrogen and oxygen atoms in total. The van der Waals surface area contributed by atoms with Crippen LogP contribution in [0.5, 0.6) is 11.5 Å². The molecule has 0 radical (unpaired) electrons. The minimum Gasteiger partial charge on any atom is -0.481 e. The average Bonchev–Trinajstić information content (AvgIpc) is 2.75. The summed E-state index contributed by atoms with van der Waals surface area (Å²) in [6.07, 6.45) is -0.102. The SMILES string of the molecule is CCc1cc(=O)oc2cc(OC(C)C(=O)Nc3ccc4c(c3)OCC(=O)N4C)ccc12. The fourth-order valence-corrected chi connectivity index (χ4v) is 3.43. The largest absolute Gasteiger partial charge is 0.481 e. The maximum Gasteiger partial charge on any atom is 0.336 e. The molecule has 0 bridgehead atoms. The van der Waals surface area contributed by atoms with Gasteiger partial charge >= 0.3 is 5.63 Å². The van der Waals surface area contributed by atoms with Crippen LogP contribution >= 0.6 is 0 Å². The lowest BCUT2D eigenvalue weighted by molar-refractivity contribution is -0.122. The highest BCUT2D eigenvalue weighted by Crippen LogP contribution is 2.33. The van der Waals surface area contributed by atoms with Crippen LogP contribution in [-0.2, 0) is 16.0 Å². The van der Waals surface area contributed by atoms with Crippen molar-refractivity contribution in [2.45, 2.75) is 26.4 Å². The molecule has 1 N–H and O–H groups in total. The zero-order valence-corrected chi connectivity index (χ0v) is 17.4. The van der Waals surface area contributed by atoms with Crippen molar-refractivity contribution in [1.82, 2.24) is 0 Å². The van der Waals surface area contributed by atoms with Gasteiger partial charge in [0, 0.05) is 36.3 Å². The lowest BCUT2D eigenvalue weighted by Crippen LogP contribution is -2.35. The van der Waals surface area contributed by atoms with Crippen LogP contribution in [0, 0.1) is 0 Å². The molecule has 1 aliphatic rings. The van der Waals surface area contributed by atoms with Crippen LogP contribution in [0.4, 0.5) is 11.4 Å². The first-order valence-corrected chi connectivity index (χ1v) is 9.93. The van der Waals surface area contributed by atoms with Crippen molar-refractivity contribution in [2.24, 2.45) is 0 Å². The second-order valence-corrected chi connectivity index (χ2v) is 7.28. The van der Waals surface area contributed by atoms with E-state index in [4.69, 9.17) is 13.9 Å². The number of rotatable bonds is 5. The second-order valence-electron chi connectivity index (χ2n) is 7.28. The van der Waals surface area contributed by atoms with Crippen molar-refractivity contribution < 1.29 is 23.5 Å². The Morgan fingerprint density at radius 1 is 1.19 bits per heavy atom. The highest BCUT2D eigenvalue weighted by Gasteiger charge is 2.23. The molecule has 1 aromatic heterocycles. The monoisotopic (exact) mass is 422 g/mol. The van der Waals surface area contributed by atoms with Crippen LogP contribution < -0.4 is 25.3 Å². The van der Waals surface area contributed by atoms with Crippen molar-refractivity contribution >= 4 is 34.2 Å². The van der Waals surface area contributed by atoms with E-state index < -0.39 is 11.7 Å². The lowest BCUT2D eigenvalue weighted by Gasteiger charge is -2.26. The van der Waals surface area contributed by atoms with Gasteiger partial charge in [-0.25, -0.2) is 4.79 Å². The Balaban J connectivity index is 1.48. The zero-order valence-electron chi connectivity index (χ0n) is 17.4. The summed E-state index contributed by atoms with van der Waals surface area (Å²) in [5.74, 6) is 0.442. The number of amides is 2. The Kier molecular flexibility index (Phi) is 5.37. The molecule has 2 aromatic carbocycles. The molecule has 0 fully saturated rings. The lowest BCUT2D eigenvalue weighted by atomic mass is 10.1. The Hall–Kier alpha value is -3.81. The van der Waals surface area contributed by atoms with Crippen molar-refractivity contribution in [3.63, 3.8) is 0 Å². The van der Waals surface area contributed by atoms with E-state index in [0.717, 1.165) is 10.9 Å². The molecular weight excluding hydrogens is 400 g/mol. The van der Waals surface area contributed by atoms with Crippen molar-refractivity contribution in [3.8, 4) is 11.5 Å². The number of nitrogens with zero attached hydrogens (tertiary/aromatic N) is 1. The molecule has 1 atom stereocenters. The summed E-state index contributed by atoms with van der Waals surface area (Å²) in [6, 6.07) is 11.7. The van der Waals surface area contributed by atoms with E-state index in [0.29, 0.717) is 34.9 Å². The summed E-state index contributed by atoms with van der Waals surface area (Å²) in [4.78, 5) is 37.6. The molecule has 160 valence electrons. The van der Waals surface area contributed by atoms with Crippen molar-refractivity contribution in [1.29, 1.82) is 0 Å². The Morgan fingerprint density at radius 3 is 2.77 bits per heavy atom. The average molecular weight is 422 g/mol. The van der Waals surface area contributed by atoms with Crippen LogP contribution in [-0.4, -0.2) is 31.6 Å². The molecule has 0 saturated carbocycles. The normalized spacial score (nSPS) is 14.0. The Bertz CT molecular complexity index is 1230. The molecule has 4 rings (SSSR count). The first-order chi connectivity index (χ1) is 14.9. The number of hydrogen-bond acceptors (Lipinski definition) is 6. The van der Waals surface area contributed by atoms with Crippen molar-refractivity contribution in [3.05, 3.63) is 58.4 Å². The van der Waals surface area contributed by atoms with Gasteiger partial charge in [-0.3, -0.25) is 9.59 Å². The number of benzene rings is 2. The Labute approximate surface area is 178 Å². The predicted octanol–water partition coefficient (Wildman–Crippen LogP) is 3.12. The maximum atomic E-state index is 12.6. The van der Waals surface area contributed by atoms with E-state index in [-0.39, 0.29) is 18.4 Å². The van der Waals surface area contributed by atoms with Crippen LogP contribution in [0.25, 0.3) is 11.0 Å². The third-order valence-electron chi connectivity index (χ3n) is 5.18. The molecule has 31 heavy (non-hydrogen) atoms. The third-order valence-corrected chi connectivity index (χ3v) is 5.18. The van der Waals surface area contributed by atoms with E-state index in [2.05, 4.69) is 5.32 Å². The second kappa shape index (κ2) is 8.14. The molecule has 3 aromatic rings. The topological polar surface area (TPSA) is 98.1 Å². The predicted molar refractivity (Wildman–Crippen MR) is 116 cm³/mol. The van der Waals surface area contributed by atoms with Crippen LogP contribution in [0.2, 0.25) is 0 Å². The summed E-state index contributed by atoms with van der Waals surface area (Å²) in [5, 5.41) is 3.62. The number of carbonyl (C=O) groups is 2. The molecular formula is C23H22N2O6. The smallest absolute Gasteiger partial charge is 0.336 e. The van der Waals surface area contributed by atoms with E-state index >= 15 is 0 Å². The quantitative estimate of drug-likeness (QED) is 0.635. The number of likely N-dealkylation sites (N-methyl/N-ethyl adjacent to an activating group) is 1. The highest BCUT2D eigenvalue weighted by atomic mass is 16.5. The first-order valence-electron chi connectivity index (χ1n) is 9.93. The van der Waals surface area contributed by atoms with E-state index in [1.165, 1.54) is 11.0 Å². The first kappa shape index (κ1) is 20.5. The number of aryl methyl sites for hydroxylation is 1. The number of fused-ring (bicyclic) bond motifs is 2. The number of ether oxygens (including phenoxy) is 2. The molecule has 0 aliphatic carbocycles. The van der Waals surface area contributed by atoms with Gasteiger partial charge in [-0.1, -0.05) is 6.92 Å². The summed E-state index contributed by atoms with van der Waals surface area (Å²) in [5.41, 5.74) is 2.06. The minimum atomic E-state index is -0.806. The fraction of sp³-hybridized carbons (Fsp3) is 0.261. The molecule has 2 amide bonds. The van der Waals surface area contributed by atoms with Gasteiger partial charge < -0.3 is 24.1 Å². The molecule has 0 spiro atoms. The third kappa shape index (κ3) is 4.09. The molecule has 1 unspecified atom stereocenters. The van der Waals surface area contributed by atoms with E-state index in [1.807, 2.05) is 13.0 Å². The van der Waals surface area contributed by atoms with Crippen LogP contribution in [0.3, 0.4) is 0 Å². The number of carbonyl (C=O) groups excluding carboxylic acids is 2. The molecule has 8 heteroatoms. The van der Waals surface area contributed by atoms with Gasteiger partial charge in [0.15, 0.2) is 12.7 Å². The van der Waals surface area contributed by atoms with Gasteiger partial charge in [-0.05, 0) is 43.2 Å². The van der Waals surface area contributed by atoms with Crippen LogP contribution in [0.15, 0.2) is 51.7 Å². The van der Waals surface area contributed by atoms with Crippen molar-refractivity contribution in [2.75, 3.05) is 23.9 Å². The minimum absolute atomic E-state index is 0.0434. The number of anilines is 2. The van der Waals surface area contributed by atoms with E-state index in [1.54, 1.807) is 44.3 Å². The molecule has 1 aliphatic heterocycles. The van der Waals surface area contributed by atoms with Gasteiger partial charge in [-0.15, -0.1) is 0 Å². The fourth-order valence-electron chi connectivity index (χ4n) is 3.43. The highest BCUT2D eigenvalue weighted by molar-refractivity contribution is 5.99. The van der Waals surface area contributed by atoms with E-state index in [9.17, 15) is 14.4 Å². The maximum absolute atomic E-state index is 12.6. The van der Waals surface area contributed by atoms with Gasteiger partial charge in [0.25, 0.3) is 11.8 Å². The van der Waals surface area contributed by atoms with Crippen LogP contribution in [0.1, 0.15) is 19.4 Å². The van der Waals surface area contributed by atoms with Gasteiger partial charge in [0.2, 0.25) is 0 Å². The summed E-state index contributed by atoms with van der Waals surface area (Å²) in [7, 11) is 1.67. The zero-order chi connectivity index (χ0) is 22.1. The number of hydrogen-bond donors (Lipinski definition) is 1. The summed E-state index contributed by atoms with van der Waals surface area (Å²) < 4.78 is 16.5. The Morgan fingerprint density at radius 2 is 2.00 bits per heavy atom.